The first-order chi connectivity index (χ1) is 12.2. The van der Waals surface area contributed by atoms with E-state index < -0.39 is 11.7 Å². The van der Waals surface area contributed by atoms with Crippen molar-refractivity contribution in [3.05, 3.63) is 71.8 Å². The molecule has 25 heavy (non-hydrogen) atoms. The molecular formula is C22H27NO2. The fourth-order valence-electron chi connectivity index (χ4n) is 4.79. The van der Waals surface area contributed by atoms with E-state index in [1.54, 1.807) is 0 Å². The summed E-state index contributed by atoms with van der Waals surface area (Å²) in [6, 6.07) is 21.0. The van der Waals surface area contributed by atoms with E-state index in [0.29, 0.717) is 12.8 Å². The molecule has 1 aliphatic heterocycles. The van der Waals surface area contributed by atoms with Gasteiger partial charge in [0.15, 0.2) is 0 Å². The summed E-state index contributed by atoms with van der Waals surface area (Å²) in [6.07, 6.45) is 3.69. The fourth-order valence-corrected chi connectivity index (χ4v) is 4.79. The van der Waals surface area contributed by atoms with E-state index in [1.165, 1.54) is 11.1 Å². The smallest absolute Gasteiger partial charge is 0.106 e. The molecule has 0 unspecified atom stereocenters. The molecule has 4 rings (SSSR count). The number of aliphatic hydroxyl groups excluding tert-OH is 1. The summed E-state index contributed by atoms with van der Waals surface area (Å²) in [7, 11) is 0. The molecule has 1 heterocycles. The Morgan fingerprint density at radius 2 is 1.64 bits per heavy atom. The summed E-state index contributed by atoms with van der Waals surface area (Å²) in [6.45, 7) is 0.806. The molecule has 2 aliphatic rings. The van der Waals surface area contributed by atoms with Gasteiger partial charge >= 0.3 is 0 Å². The van der Waals surface area contributed by atoms with Gasteiger partial charge < -0.3 is 10.2 Å². The van der Waals surface area contributed by atoms with Gasteiger partial charge in [-0.25, -0.2) is 0 Å². The number of aliphatic hydroxyl groups is 2. The largest absolute Gasteiger partial charge is 0.390 e. The Hall–Kier alpha value is -1.68. The van der Waals surface area contributed by atoms with Crippen LogP contribution in [0.2, 0.25) is 0 Å². The van der Waals surface area contributed by atoms with Crippen molar-refractivity contribution < 1.29 is 10.2 Å². The number of benzene rings is 2. The van der Waals surface area contributed by atoms with Crippen LogP contribution in [0.3, 0.4) is 0 Å². The molecule has 0 radical (unpaired) electrons. The minimum Gasteiger partial charge on any atom is -0.390 e. The first kappa shape index (κ1) is 16.8. The van der Waals surface area contributed by atoms with Crippen molar-refractivity contribution in [1.82, 2.24) is 4.90 Å². The van der Waals surface area contributed by atoms with E-state index in [2.05, 4.69) is 53.4 Å². The molecule has 2 aromatic rings. The highest BCUT2D eigenvalue weighted by Crippen LogP contribution is 2.46. The van der Waals surface area contributed by atoms with Gasteiger partial charge in [0.1, 0.15) is 5.60 Å². The molecule has 1 aliphatic carbocycles. The second-order valence-corrected chi connectivity index (χ2v) is 7.59. The van der Waals surface area contributed by atoms with Crippen LogP contribution in [0, 0.1) is 0 Å². The topological polar surface area (TPSA) is 43.7 Å². The van der Waals surface area contributed by atoms with Crippen LogP contribution in [0.5, 0.6) is 0 Å². The second-order valence-electron chi connectivity index (χ2n) is 7.59. The second kappa shape index (κ2) is 6.91. The standard InChI is InChI=1S/C22H27NO2/c24-21-15-19(18-11-5-2-6-12-18)23(16-17-9-3-1-4-10-17)20-13-7-8-14-22(20,21)25/h1-6,9-12,19-21,24-25H,7-8,13-16H2/t19-,20+,21-,22-/m1/s1. The Bertz CT molecular complexity index is 690. The lowest BCUT2D eigenvalue weighted by Crippen LogP contribution is -2.65. The summed E-state index contributed by atoms with van der Waals surface area (Å²) in [5.74, 6) is 0. The average molecular weight is 337 g/mol. The van der Waals surface area contributed by atoms with E-state index in [1.807, 2.05) is 12.1 Å². The minimum absolute atomic E-state index is 0.00964. The van der Waals surface area contributed by atoms with Crippen molar-refractivity contribution in [2.75, 3.05) is 0 Å². The summed E-state index contributed by atoms with van der Waals surface area (Å²) < 4.78 is 0. The maximum atomic E-state index is 11.3. The van der Waals surface area contributed by atoms with Gasteiger partial charge in [0.2, 0.25) is 0 Å². The van der Waals surface area contributed by atoms with Crippen LogP contribution < -0.4 is 0 Å². The molecule has 0 spiro atoms. The molecule has 0 bridgehead atoms. The van der Waals surface area contributed by atoms with Crippen LogP contribution in [-0.2, 0) is 6.54 Å². The monoisotopic (exact) mass is 337 g/mol. The van der Waals surface area contributed by atoms with Crippen molar-refractivity contribution in [3.63, 3.8) is 0 Å². The summed E-state index contributed by atoms with van der Waals surface area (Å²) in [4.78, 5) is 2.44. The molecule has 4 atom stereocenters. The Morgan fingerprint density at radius 1 is 0.960 bits per heavy atom. The Labute approximate surface area is 149 Å². The van der Waals surface area contributed by atoms with Crippen molar-refractivity contribution in [3.8, 4) is 0 Å². The van der Waals surface area contributed by atoms with Crippen LogP contribution in [-0.4, -0.2) is 32.9 Å². The number of hydrogen-bond donors (Lipinski definition) is 2. The third-order valence-corrected chi connectivity index (χ3v) is 6.10. The van der Waals surface area contributed by atoms with Gasteiger partial charge in [-0.15, -0.1) is 0 Å². The van der Waals surface area contributed by atoms with Crippen molar-refractivity contribution in [2.45, 2.75) is 62.4 Å². The van der Waals surface area contributed by atoms with Crippen LogP contribution in [0.25, 0.3) is 0 Å². The average Bonchev–Trinajstić information content (AvgIpc) is 2.66. The molecule has 1 saturated carbocycles. The van der Waals surface area contributed by atoms with Gasteiger partial charge in [0.05, 0.1) is 6.10 Å². The predicted octanol–water partition coefficient (Wildman–Crippen LogP) is 3.67. The molecule has 3 nitrogen and oxygen atoms in total. The highest BCUT2D eigenvalue weighted by Gasteiger charge is 2.53. The zero-order valence-corrected chi connectivity index (χ0v) is 14.6. The Kier molecular flexibility index (Phi) is 4.63. The number of fused-ring (bicyclic) bond motifs is 1. The van der Waals surface area contributed by atoms with E-state index in [0.717, 1.165) is 25.8 Å². The molecule has 1 saturated heterocycles. The van der Waals surface area contributed by atoms with Crippen LogP contribution in [0.1, 0.15) is 49.3 Å². The summed E-state index contributed by atoms with van der Waals surface area (Å²) >= 11 is 0. The van der Waals surface area contributed by atoms with Crippen molar-refractivity contribution >= 4 is 0 Å². The summed E-state index contributed by atoms with van der Waals surface area (Å²) in [5.41, 5.74) is 1.51. The lowest BCUT2D eigenvalue weighted by Gasteiger charge is -2.55. The van der Waals surface area contributed by atoms with Gasteiger partial charge in [-0.1, -0.05) is 73.5 Å². The highest BCUT2D eigenvalue weighted by molar-refractivity contribution is 5.24. The van der Waals surface area contributed by atoms with E-state index in [-0.39, 0.29) is 12.1 Å². The molecule has 0 aromatic heterocycles. The highest BCUT2D eigenvalue weighted by atomic mass is 16.3. The SMILES string of the molecule is O[C@@H]1C[C@H](c2ccccc2)N(Cc2ccccc2)[C@H]2CCCC[C@]12O. The van der Waals surface area contributed by atoms with Crippen molar-refractivity contribution in [1.29, 1.82) is 0 Å². The Balaban J connectivity index is 1.71. The number of rotatable bonds is 3. The van der Waals surface area contributed by atoms with Gasteiger partial charge in [0, 0.05) is 18.6 Å². The van der Waals surface area contributed by atoms with Gasteiger partial charge in [-0.05, 0) is 30.4 Å². The lowest BCUT2D eigenvalue weighted by atomic mass is 9.70. The van der Waals surface area contributed by atoms with Crippen LogP contribution in [0.15, 0.2) is 60.7 Å². The van der Waals surface area contributed by atoms with Gasteiger partial charge in [-0.2, -0.15) is 0 Å². The quantitative estimate of drug-likeness (QED) is 0.898. The zero-order valence-electron chi connectivity index (χ0n) is 14.6. The van der Waals surface area contributed by atoms with Crippen LogP contribution >= 0.6 is 0 Å². The lowest BCUT2D eigenvalue weighted by molar-refractivity contribution is -0.191. The van der Waals surface area contributed by atoms with E-state index in [4.69, 9.17) is 0 Å². The molecule has 2 aromatic carbocycles. The van der Waals surface area contributed by atoms with Gasteiger partial charge in [-0.3, -0.25) is 4.90 Å². The Morgan fingerprint density at radius 3 is 2.36 bits per heavy atom. The maximum Gasteiger partial charge on any atom is 0.106 e. The zero-order chi connectivity index (χ0) is 17.3. The van der Waals surface area contributed by atoms with E-state index in [9.17, 15) is 10.2 Å². The third-order valence-electron chi connectivity index (χ3n) is 6.10. The fraction of sp³-hybridized carbons (Fsp3) is 0.455. The van der Waals surface area contributed by atoms with Crippen molar-refractivity contribution in [2.24, 2.45) is 0 Å². The molecule has 3 heteroatoms. The normalized spacial score (nSPS) is 33.0. The number of piperidine rings is 1. The number of hydrogen-bond acceptors (Lipinski definition) is 3. The van der Waals surface area contributed by atoms with Gasteiger partial charge in [0.25, 0.3) is 0 Å². The number of likely N-dealkylation sites (tertiary alicyclic amines) is 1. The third kappa shape index (κ3) is 3.12. The first-order valence-corrected chi connectivity index (χ1v) is 9.43. The molecule has 132 valence electrons. The maximum absolute atomic E-state index is 11.3. The van der Waals surface area contributed by atoms with E-state index >= 15 is 0 Å². The molecule has 2 fully saturated rings. The molecule has 2 N–H and O–H groups in total. The summed E-state index contributed by atoms with van der Waals surface area (Å²) in [5, 5.41) is 22.1. The minimum atomic E-state index is -0.974. The first-order valence-electron chi connectivity index (χ1n) is 9.43. The molecule has 0 amide bonds. The number of nitrogens with zero attached hydrogens (tertiary/aromatic N) is 1. The van der Waals surface area contributed by atoms with Crippen LogP contribution in [0.4, 0.5) is 0 Å². The molecular weight excluding hydrogens is 310 g/mol. The predicted molar refractivity (Wildman–Crippen MR) is 99.0 cm³/mol.